The molecule has 0 spiro atoms. The summed E-state index contributed by atoms with van der Waals surface area (Å²) in [5.41, 5.74) is 0. The quantitative estimate of drug-likeness (QED) is 0.549. The molecule has 0 saturated carbocycles. The van der Waals surface area contributed by atoms with Gasteiger partial charge < -0.3 is 5.32 Å². The maximum atomic E-state index is 11.2. The third-order valence-corrected chi connectivity index (χ3v) is 2.37. The Morgan fingerprint density at radius 1 is 1.08 bits per heavy atom. The molecule has 0 aromatic rings. The zero-order chi connectivity index (χ0) is 9.42. The van der Waals surface area contributed by atoms with E-state index in [4.69, 9.17) is 0 Å². The van der Waals surface area contributed by atoms with E-state index in [1.807, 2.05) is 0 Å². The third-order valence-electron chi connectivity index (χ3n) is 2.37. The van der Waals surface area contributed by atoms with E-state index in [-0.39, 0.29) is 36.7 Å². The number of likely N-dealkylation sites (tertiary alicyclic amines) is 1. The number of nitrogens with one attached hydrogen (secondary N) is 1. The van der Waals surface area contributed by atoms with Crippen LogP contribution in [0, 0.1) is 0 Å². The van der Waals surface area contributed by atoms with E-state index in [1.165, 1.54) is 4.90 Å². The monoisotopic (exact) mass is 182 g/mol. The summed E-state index contributed by atoms with van der Waals surface area (Å²) in [7, 11) is 0. The summed E-state index contributed by atoms with van der Waals surface area (Å²) in [6, 6.07) is 0. The number of carbonyl (C=O) groups is 3. The van der Waals surface area contributed by atoms with Gasteiger partial charge in [-0.25, -0.2) is 0 Å². The van der Waals surface area contributed by atoms with Gasteiger partial charge in [0, 0.05) is 19.3 Å². The first-order chi connectivity index (χ1) is 6.18. The minimum Gasteiger partial charge on any atom is -0.335 e. The van der Waals surface area contributed by atoms with Crippen LogP contribution in [0.15, 0.2) is 0 Å². The first kappa shape index (κ1) is 8.22. The summed E-state index contributed by atoms with van der Waals surface area (Å²) in [5, 5.41) is 2.60. The molecule has 1 atom stereocenters. The van der Waals surface area contributed by atoms with Crippen LogP contribution < -0.4 is 5.32 Å². The van der Waals surface area contributed by atoms with Crippen molar-refractivity contribution in [2.24, 2.45) is 0 Å². The molecule has 0 aromatic heterocycles. The van der Waals surface area contributed by atoms with Crippen LogP contribution in [0.1, 0.15) is 25.7 Å². The van der Waals surface area contributed by atoms with E-state index in [0.717, 1.165) is 0 Å². The molecular weight excluding hydrogens is 172 g/mol. The molecule has 1 N–H and O–H groups in total. The van der Waals surface area contributed by atoms with Crippen molar-refractivity contribution >= 4 is 17.7 Å². The van der Waals surface area contributed by atoms with Crippen LogP contribution >= 0.6 is 0 Å². The van der Waals surface area contributed by atoms with E-state index < -0.39 is 0 Å². The van der Waals surface area contributed by atoms with Gasteiger partial charge in [0.15, 0.2) is 0 Å². The van der Waals surface area contributed by atoms with Crippen LogP contribution in [-0.4, -0.2) is 28.8 Å². The first-order valence-corrected chi connectivity index (χ1v) is 4.33. The highest BCUT2D eigenvalue weighted by Gasteiger charge is 2.38. The number of carbonyl (C=O) groups excluding carboxylic acids is 3. The summed E-state index contributed by atoms with van der Waals surface area (Å²) < 4.78 is 0. The Labute approximate surface area is 75.1 Å². The van der Waals surface area contributed by atoms with Crippen LogP contribution in [0.4, 0.5) is 0 Å². The summed E-state index contributed by atoms with van der Waals surface area (Å²) >= 11 is 0. The molecule has 1 unspecified atom stereocenters. The SMILES string of the molecule is O=C1CCC(N2C(=O)CCC2=O)N1. The highest BCUT2D eigenvalue weighted by molar-refractivity contribution is 6.02. The lowest BCUT2D eigenvalue weighted by Crippen LogP contribution is -2.45. The second-order valence-corrected chi connectivity index (χ2v) is 3.28. The molecule has 0 aromatic carbocycles. The van der Waals surface area contributed by atoms with Crippen molar-refractivity contribution in [2.45, 2.75) is 31.8 Å². The van der Waals surface area contributed by atoms with E-state index in [1.54, 1.807) is 0 Å². The van der Waals surface area contributed by atoms with Crippen molar-refractivity contribution in [1.82, 2.24) is 10.2 Å². The normalized spacial score (nSPS) is 28.5. The standard InChI is InChI=1S/C8H10N2O3/c11-6-2-1-5(9-6)10-7(12)3-4-8(10)13/h5H,1-4H2,(H,9,11). The maximum Gasteiger partial charge on any atom is 0.231 e. The lowest BCUT2D eigenvalue weighted by atomic mass is 10.3. The topological polar surface area (TPSA) is 66.5 Å². The third kappa shape index (κ3) is 1.30. The Kier molecular flexibility index (Phi) is 1.79. The van der Waals surface area contributed by atoms with Crippen molar-refractivity contribution in [2.75, 3.05) is 0 Å². The fourth-order valence-electron chi connectivity index (χ4n) is 1.73. The molecule has 5 nitrogen and oxygen atoms in total. The van der Waals surface area contributed by atoms with Gasteiger partial charge in [-0.15, -0.1) is 0 Å². The molecule has 5 heteroatoms. The van der Waals surface area contributed by atoms with Crippen LogP contribution in [0.5, 0.6) is 0 Å². The molecule has 0 aliphatic carbocycles. The lowest BCUT2D eigenvalue weighted by molar-refractivity contribution is -0.141. The van der Waals surface area contributed by atoms with Gasteiger partial charge in [0.25, 0.3) is 0 Å². The minimum absolute atomic E-state index is 0.0856. The largest absolute Gasteiger partial charge is 0.335 e. The second kappa shape index (κ2) is 2.83. The van der Waals surface area contributed by atoms with Crippen molar-refractivity contribution in [3.8, 4) is 0 Å². The molecule has 2 aliphatic heterocycles. The molecule has 2 aliphatic rings. The van der Waals surface area contributed by atoms with Crippen LogP contribution in [0.2, 0.25) is 0 Å². The van der Waals surface area contributed by atoms with Gasteiger partial charge in [-0.1, -0.05) is 0 Å². The van der Waals surface area contributed by atoms with Crippen LogP contribution in [0.25, 0.3) is 0 Å². The molecule has 2 fully saturated rings. The fraction of sp³-hybridized carbons (Fsp3) is 0.625. The average molecular weight is 182 g/mol. The molecule has 3 amide bonds. The van der Waals surface area contributed by atoms with Crippen molar-refractivity contribution in [3.63, 3.8) is 0 Å². The van der Waals surface area contributed by atoms with E-state index in [2.05, 4.69) is 5.32 Å². The van der Waals surface area contributed by atoms with Gasteiger partial charge in [0.2, 0.25) is 17.7 Å². The predicted octanol–water partition coefficient (Wildman–Crippen LogP) is -0.629. The van der Waals surface area contributed by atoms with E-state index in [0.29, 0.717) is 12.8 Å². The van der Waals surface area contributed by atoms with Crippen LogP contribution in [0.3, 0.4) is 0 Å². The summed E-state index contributed by atoms with van der Waals surface area (Å²) in [6.07, 6.45) is 1.14. The Morgan fingerprint density at radius 3 is 2.15 bits per heavy atom. The van der Waals surface area contributed by atoms with Gasteiger partial charge in [-0.2, -0.15) is 0 Å². The molecule has 2 heterocycles. The molecule has 0 radical (unpaired) electrons. The Morgan fingerprint density at radius 2 is 1.69 bits per heavy atom. The van der Waals surface area contributed by atoms with Crippen molar-refractivity contribution in [3.05, 3.63) is 0 Å². The highest BCUT2D eigenvalue weighted by atomic mass is 16.2. The van der Waals surface area contributed by atoms with Gasteiger partial charge in [0.05, 0.1) is 0 Å². The molecule has 13 heavy (non-hydrogen) atoms. The number of rotatable bonds is 1. The lowest BCUT2D eigenvalue weighted by Gasteiger charge is -2.21. The number of imide groups is 1. The number of amides is 3. The number of hydrogen-bond acceptors (Lipinski definition) is 3. The van der Waals surface area contributed by atoms with Crippen molar-refractivity contribution < 1.29 is 14.4 Å². The zero-order valence-electron chi connectivity index (χ0n) is 7.08. The smallest absolute Gasteiger partial charge is 0.231 e. The summed E-state index contributed by atoms with van der Waals surface area (Å²) in [4.78, 5) is 34.5. The molecule has 2 saturated heterocycles. The molecule has 2 rings (SSSR count). The Balaban J connectivity index is 2.11. The first-order valence-electron chi connectivity index (χ1n) is 4.33. The van der Waals surface area contributed by atoms with Gasteiger partial charge >= 0.3 is 0 Å². The summed E-state index contributed by atoms with van der Waals surface area (Å²) in [5.74, 6) is -0.424. The molecule has 70 valence electrons. The number of nitrogens with zero attached hydrogens (tertiary/aromatic N) is 1. The maximum absolute atomic E-state index is 11.2. The summed E-state index contributed by atoms with van der Waals surface area (Å²) in [6.45, 7) is 0. The number of hydrogen-bond donors (Lipinski definition) is 1. The van der Waals surface area contributed by atoms with Crippen LogP contribution in [-0.2, 0) is 14.4 Å². The average Bonchev–Trinajstić information content (AvgIpc) is 2.60. The predicted molar refractivity (Wildman–Crippen MR) is 42.3 cm³/mol. The Bertz CT molecular complexity index is 271. The van der Waals surface area contributed by atoms with E-state index in [9.17, 15) is 14.4 Å². The molecule has 0 bridgehead atoms. The molecular formula is C8H10N2O3. The van der Waals surface area contributed by atoms with Gasteiger partial charge in [0.1, 0.15) is 6.17 Å². The second-order valence-electron chi connectivity index (χ2n) is 3.28. The Hall–Kier alpha value is -1.39. The van der Waals surface area contributed by atoms with Crippen molar-refractivity contribution in [1.29, 1.82) is 0 Å². The van der Waals surface area contributed by atoms with Gasteiger partial charge in [-0.05, 0) is 6.42 Å². The highest BCUT2D eigenvalue weighted by Crippen LogP contribution is 2.19. The van der Waals surface area contributed by atoms with Gasteiger partial charge in [-0.3, -0.25) is 19.3 Å². The fourth-order valence-corrected chi connectivity index (χ4v) is 1.73. The minimum atomic E-state index is -0.380. The zero-order valence-corrected chi connectivity index (χ0v) is 7.08. The van der Waals surface area contributed by atoms with E-state index >= 15 is 0 Å².